The van der Waals surface area contributed by atoms with Crippen LogP contribution in [0.25, 0.3) is 0 Å². The molecule has 1 aromatic rings. The monoisotopic (exact) mass is 265 g/mol. The molecule has 19 heavy (non-hydrogen) atoms. The van der Waals surface area contributed by atoms with Crippen LogP contribution in [0.2, 0.25) is 0 Å². The molecule has 0 bridgehead atoms. The fourth-order valence-electron chi connectivity index (χ4n) is 1.69. The largest absolute Gasteiger partial charge is 0.463 e. The maximum absolute atomic E-state index is 11.6. The predicted molar refractivity (Wildman–Crippen MR) is 75.9 cm³/mol. The number of nitrogens with two attached hydrogens (primary N) is 1. The normalized spacial score (nSPS) is 12.4. The lowest BCUT2D eigenvalue weighted by Crippen LogP contribution is -2.14. The molecule has 0 saturated heterocycles. The van der Waals surface area contributed by atoms with Gasteiger partial charge >= 0.3 is 5.97 Å². The van der Waals surface area contributed by atoms with Crippen molar-refractivity contribution in [3.8, 4) is 0 Å². The van der Waals surface area contributed by atoms with E-state index >= 15 is 0 Å². The lowest BCUT2D eigenvalue weighted by atomic mass is 9.98. The number of carbonyl (C=O) groups excluding carboxylic acids is 1. The number of carbonyl (C=O) groups is 1. The Morgan fingerprint density at radius 1 is 1.16 bits per heavy atom. The molecule has 0 aliphatic heterocycles. The Bertz CT molecular complexity index is 387. The first kappa shape index (κ1) is 15.5. The summed E-state index contributed by atoms with van der Waals surface area (Å²) >= 11 is 0. The standard InChI is InChI=1S/C15H23NO3/c1-11(2)18-8-9-19-15(17)10-12(3)13-4-6-14(16)7-5-13/h4-7,11-12H,8-10,16H2,1-3H3. The molecule has 106 valence electrons. The molecule has 0 spiro atoms. The average Bonchev–Trinajstić information content (AvgIpc) is 2.35. The molecule has 1 unspecified atom stereocenters. The predicted octanol–water partition coefficient (Wildman–Crippen LogP) is 2.73. The van der Waals surface area contributed by atoms with Crippen molar-refractivity contribution in [2.24, 2.45) is 0 Å². The Labute approximate surface area is 114 Å². The van der Waals surface area contributed by atoms with E-state index in [1.54, 1.807) is 0 Å². The molecule has 0 heterocycles. The van der Waals surface area contributed by atoms with Crippen LogP contribution in [0.1, 0.15) is 38.7 Å². The van der Waals surface area contributed by atoms with Crippen molar-refractivity contribution in [1.82, 2.24) is 0 Å². The second-order valence-corrected chi connectivity index (χ2v) is 4.91. The van der Waals surface area contributed by atoms with Gasteiger partial charge in [0.1, 0.15) is 6.61 Å². The molecule has 0 amide bonds. The second-order valence-electron chi connectivity index (χ2n) is 4.91. The van der Waals surface area contributed by atoms with Gasteiger partial charge in [0.05, 0.1) is 19.1 Å². The van der Waals surface area contributed by atoms with E-state index in [1.165, 1.54) is 0 Å². The maximum atomic E-state index is 11.6. The van der Waals surface area contributed by atoms with Gasteiger partial charge < -0.3 is 15.2 Å². The SMILES string of the molecule is CC(C)OCCOC(=O)CC(C)c1ccc(N)cc1. The molecule has 2 N–H and O–H groups in total. The van der Waals surface area contributed by atoms with E-state index in [0.29, 0.717) is 19.6 Å². The Balaban J connectivity index is 2.29. The summed E-state index contributed by atoms with van der Waals surface area (Å²) in [5.41, 5.74) is 7.44. The van der Waals surface area contributed by atoms with Crippen molar-refractivity contribution in [1.29, 1.82) is 0 Å². The van der Waals surface area contributed by atoms with Crippen LogP contribution in [-0.4, -0.2) is 25.3 Å². The Kier molecular flexibility index (Phi) is 6.36. The van der Waals surface area contributed by atoms with Crippen LogP contribution in [-0.2, 0) is 14.3 Å². The minimum atomic E-state index is -0.198. The smallest absolute Gasteiger partial charge is 0.306 e. The van der Waals surface area contributed by atoms with Crippen molar-refractivity contribution in [2.45, 2.75) is 39.2 Å². The Morgan fingerprint density at radius 3 is 2.37 bits per heavy atom. The number of hydrogen-bond donors (Lipinski definition) is 1. The van der Waals surface area contributed by atoms with E-state index in [4.69, 9.17) is 15.2 Å². The van der Waals surface area contributed by atoms with E-state index in [1.807, 2.05) is 45.0 Å². The topological polar surface area (TPSA) is 61.5 Å². The average molecular weight is 265 g/mol. The van der Waals surface area contributed by atoms with Gasteiger partial charge in [-0.3, -0.25) is 4.79 Å². The third-order valence-corrected chi connectivity index (χ3v) is 2.78. The summed E-state index contributed by atoms with van der Waals surface area (Å²) in [6, 6.07) is 7.56. The zero-order valence-electron chi connectivity index (χ0n) is 11.9. The van der Waals surface area contributed by atoms with Crippen LogP contribution in [0.15, 0.2) is 24.3 Å². The number of ether oxygens (including phenoxy) is 2. The summed E-state index contributed by atoms with van der Waals surface area (Å²) in [5, 5.41) is 0. The second kappa shape index (κ2) is 7.79. The van der Waals surface area contributed by atoms with Crippen LogP contribution in [0.4, 0.5) is 5.69 Å². The minimum Gasteiger partial charge on any atom is -0.463 e. The molecule has 1 rings (SSSR count). The summed E-state index contributed by atoms with van der Waals surface area (Å²) < 4.78 is 10.4. The number of esters is 1. The lowest BCUT2D eigenvalue weighted by Gasteiger charge is -2.12. The van der Waals surface area contributed by atoms with Gasteiger partial charge in [-0.2, -0.15) is 0 Å². The van der Waals surface area contributed by atoms with Gasteiger partial charge in [0, 0.05) is 5.69 Å². The first-order chi connectivity index (χ1) is 8.99. The van der Waals surface area contributed by atoms with Crippen LogP contribution < -0.4 is 5.73 Å². The van der Waals surface area contributed by atoms with E-state index in [9.17, 15) is 4.79 Å². The highest BCUT2D eigenvalue weighted by atomic mass is 16.6. The van der Waals surface area contributed by atoms with Gasteiger partial charge in [-0.1, -0.05) is 19.1 Å². The number of rotatable bonds is 7. The molecule has 0 fully saturated rings. The van der Waals surface area contributed by atoms with Crippen LogP contribution >= 0.6 is 0 Å². The molecular weight excluding hydrogens is 242 g/mol. The highest BCUT2D eigenvalue weighted by Gasteiger charge is 2.12. The quantitative estimate of drug-likeness (QED) is 0.468. The summed E-state index contributed by atoms with van der Waals surface area (Å²) in [6.45, 7) is 6.65. The van der Waals surface area contributed by atoms with Crippen molar-refractivity contribution >= 4 is 11.7 Å². The van der Waals surface area contributed by atoms with E-state index in [-0.39, 0.29) is 18.0 Å². The molecule has 4 nitrogen and oxygen atoms in total. The van der Waals surface area contributed by atoms with Gasteiger partial charge in [-0.15, -0.1) is 0 Å². The molecule has 0 saturated carbocycles. The summed E-state index contributed by atoms with van der Waals surface area (Å²) in [5.74, 6) is -0.0733. The molecule has 0 aromatic heterocycles. The summed E-state index contributed by atoms with van der Waals surface area (Å²) in [4.78, 5) is 11.6. The Morgan fingerprint density at radius 2 is 1.79 bits per heavy atom. The number of anilines is 1. The van der Waals surface area contributed by atoms with Crippen LogP contribution in [0.5, 0.6) is 0 Å². The van der Waals surface area contributed by atoms with Crippen molar-refractivity contribution < 1.29 is 14.3 Å². The highest BCUT2D eigenvalue weighted by molar-refractivity contribution is 5.70. The molecule has 0 aliphatic rings. The van der Waals surface area contributed by atoms with E-state index in [0.717, 1.165) is 11.3 Å². The third-order valence-electron chi connectivity index (χ3n) is 2.78. The molecular formula is C15H23NO3. The van der Waals surface area contributed by atoms with Crippen molar-refractivity contribution in [3.63, 3.8) is 0 Å². The van der Waals surface area contributed by atoms with Gasteiger partial charge in [0.15, 0.2) is 0 Å². The number of hydrogen-bond acceptors (Lipinski definition) is 4. The summed E-state index contributed by atoms with van der Waals surface area (Å²) in [7, 11) is 0. The lowest BCUT2D eigenvalue weighted by molar-refractivity contribution is -0.146. The van der Waals surface area contributed by atoms with E-state index < -0.39 is 0 Å². The molecule has 0 aliphatic carbocycles. The highest BCUT2D eigenvalue weighted by Crippen LogP contribution is 2.20. The zero-order valence-corrected chi connectivity index (χ0v) is 11.9. The zero-order chi connectivity index (χ0) is 14.3. The van der Waals surface area contributed by atoms with Crippen LogP contribution in [0, 0.1) is 0 Å². The Hall–Kier alpha value is -1.55. The van der Waals surface area contributed by atoms with Crippen molar-refractivity contribution in [2.75, 3.05) is 18.9 Å². The third kappa shape index (κ3) is 6.25. The fourth-order valence-corrected chi connectivity index (χ4v) is 1.69. The van der Waals surface area contributed by atoms with Gasteiger partial charge in [0.2, 0.25) is 0 Å². The summed E-state index contributed by atoms with van der Waals surface area (Å²) in [6.07, 6.45) is 0.526. The van der Waals surface area contributed by atoms with E-state index in [2.05, 4.69) is 0 Å². The number of benzene rings is 1. The minimum absolute atomic E-state index is 0.124. The van der Waals surface area contributed by atoms with Gasteiger partial charge in [0.25, 0.3) is 0 Å². The molecule has 1 aromatic carbocycles. The molecule has 0 radical (unpaired) electrons. The molecule has 4 heteroatoms. The fraction of sp³-hybridized carbons (Fsp3) is 0.533. The first-order valence-electron chi connectivity index (χ1n) is 6.61. The van der Waals surface area contributed by atoms with Gasteiger partial charge in [-0.05, 0) is 37.5 Å². The van der Waals surface area contributed by atoms with Gasteiger partial charge in [-0.25, -0.2) is 0 Å². The van der Waals surface area contributed by atoms with Crippen molar-refractivity contribution in [3.05, 3.63) is 29.8 Å². The first-order valence-corrected chi connectivity index (χ1v) is 6.61. The molecule has 1 atom stereocenters. The van der Waals surface area contributed by atoms with Crippen LogP contribution in [0.3, 0.4) is 0 Å². The number of nitrogen functional groups attached to an aromatic ring is 1. The maximum Gasteiger partial charge on any atom is 0.306 e.